The second kappa shape index (κ2) is 6.34. The van der Waals surface area contributed by atoms with E-state index < -0.39 is 12.0 Å². The fourth-order valence-electron chi connectivity index (χ4n) is 1.36. The summed E-state index contributed by atoms with van der Waals surface area (Å²) in [5.41, 5.74) is 0. The monoisotopic (exact) mass is 256 g/mol. The molecule has 1 aromatic rings. The Morgan fingerprint density at radius 1 is 1.59 bits per heavy atom. The van der Waals surface area contributed by atoms with Crippen LogP contribution in [-0.2, 0) is 4.79 Å². The quantitative estimate of drug-likeness (QED) is 0.813. The van der Waals surface area contributed by atoms with Gasteiger partial charge >= 0.3 is 5.97 Å². The number of carboxylic acid groups (broad SMARTS) is 1. The van der Waals surface area contributed by atoms with Crippen molar-refractivity contribution in [1.29, 1.82) is 0 Å². The number of unbranched alkanes of at least 4 members (excludes halogenated alkanes) is 1. The summed E-state index contributed by atoms with van der Waals surface area (Å²) < 4.78 is 0. The molecule has 0 radical (unpaired) electrons. The zero-order valence-corrected chi connectivity index (χ0v) is 10.7. The van der Waals surface area contributed by atoms with Crippen LogP contribution in [-0.4, -0.2) is 28.0 Å². The second-order valence-corrected chi connectivity index (χ2v) is 4.98. The molecular weight excluding hydrogens is 240 g/mol. The van der Waals surface area contributed by atoms with Crippen LogP contribution in [0.15, 0.2) is 6.20 Å². The first-order chi connectivity index (χ1) is 8.04. The van der Waals surface area contributed by atoms with Crippen molar-refractivity contribution < 1.29 is 14.7 Å². The lowest BCUT2D eigenvalue weighted by molar-refractivity contribution is -0.139. The predicted octanol–water partition coefficient (Wildman–Crippen LogP) is 1.82. The first kappa shape index (κ1) is 13.6. The summed E-state index contributed by atoms with van der Waals surface area (Å²) in [7, 11) is 0. The lowest BCUT2D eigenvalue weighted by Gasteiger charge is -2.12. The molecule has 1 heterocycles. The first-order valence-corrected chi connectivity index (χ1v) is 6.32. The summed E-state index contributed by atoms with van der Waals surface area (Å²) >= 11 is 1.26. The van der Waals surface area contributed by atoms with E-state index in [1.807, 2.05) is 6.92 Å². The van der Waals surface area contributed by atoms with E-state index in [0.717, 1.165) is 17.8 Å². The number of aromatic nitrogens is 1. The van der Waals surface area contributed by atoms with Gasteiger partial charge < -0.3 is 10.4 Å². The van der Waals surface area contributed by atoms with Crippen molar-refractivity contribution in [2.24, 2.45) is 0 Å². The van der Waals surface area contributed by atoms with Crippen molar-refractivity contribution in [3.05, 3.63) is 16.1 Å². The van der Waals surface area contributed by atoms with Crippen molar-refractivity contribution in [3.63, 3.8) is 0 Å². The number of aliphatic carboxylic acids is 1. The Labute approximate surface area is 104 Å². The topological polar surface area (TPSA) is 79.3 Å². The van der Waals surface area contributed by atoms with E-state index in [4.69, 9.17) is 5.11 Å². The summed E-state index contributed by atoms with van der Waals surface area (Å²) in [5, 5.41) is 12.3. The number of thiazole rings is 1. The first-order valence-electron chi connectivity index (χ1n) is 5.50. The van der Waals surface area contributed by atoms with Crippen molar-refractivity contribution in [2.45, 2.75) is 39.2 Å². The molecule has 1 atom stereocenters. The SMILES string of the molecule is CCCCC(NC(=O)c1cnc(C)s1)C(=O)O. The minimum Gasteiger partial charge on any atom is -0.480 e. The zero-order valence-electron chi connectivity index (χ0n) is 9.90. The predicted molar refractivity (Wildman–Crippen MR) is 65.3 cm³/mol. The Bertz CT molecular complexity index is 403. The van der Waals surface area contributed by atoms with Crippen molar-refractivity contribution in [2.75, 3.05) is 0 Å². The summed E-state index contributed by atoms with van der Waals surface area (Å²) in [6, 6.07) is -0.815. The van der Waals surface area contributed by atoms with Gasteiger partial charge in [0.1, 0.15) is 10.9 Å². The van der Waals surface area contributed by atoms with Gasteiger partial charge in [-0.1, -0.05) is 19.8 Å². The molecule has 5 nitrogen and oxygen atoms in total. The number of nitrogens with zero attached hydrogens (tertiary/aromatic N) is 1. The molecule has 1 rings (SSSR count). The van der Waals surface area contributed by atoms with Crippen LogP contribution in [0, 0.1) is 6.92 Å². The minimum atomic E-state index is -0.993. The molecular formula is C11H16N2O3S. The summed E-state index contributed by atoms with van der Waals surface area (Å²) in [5.74, 6) is -1.35. The summed E-state index contributed by atoms with van der Waals surface area (Å²) in [6.07, 6.45) is 3.60. The molecule has 1 aromatic heterocycles. The normalized spacial score (nSPS) is 12.1. The molecule has 0 saturated carbocycles. The van der Waals surface area contributed by atoms with E-state index in [0.29, 0.717) is 11.3 Å². The highest BCUT2D eigenvalue weighted by Gasteiger charge is 2.20. The third-order valence-corrected chi connectivity index (χ3v) is 3.21. The molecule has 0 bridgehead atoms. The van der Waals surface area contributed by atoms with Gasteiger partial charge in [-0.05, 0) is 13.3 Å². The molecule has 1 amide bonds. The number of aryl methyl sites for hydroxylation is 1. The maximum atomic E-state index is 11.7. The largest absolute Gasteiger partial charge is 0.480 e. The zero-order chi connectivity index (χ0) is 12.8. The fraction of sp³-hybridized carbons (Fsp3) is 0.545. The molecule has 17 heavy (non-hydrogen) atoms. The number of nitrogens with one attached hydrogen (secondary N) is 1. The molecule has 0 fully saturated rings. The fourth-order valence-corrected chi connectivity index (χ4v) is 2.04. The van der Waals surface area contributed by atoms with E-state index in [-0.39, 0.29) is 5.91 Å². The Morgan fingerprint density at radius 2 is 2.29 bits per heavy atom. The lowest BCUT2D eigenvalue weighted by Crippen LogP contribution is -2.40. The maximum Gasteiger partial charge on any atom is 0.326 e. The van der Waals surface area contributed by atoms with Gasteiger partial charge in [0, 0.05) is 0 Å². The number of carboxylic acids is 1. The van der Waals surface area contributed by atoms with Crippen molar-refractivity contribution in [1.82, 2.24) is 10.3 Å². The Kier molecular flexibility index (Phi) is 5.09. The summed E-state index contributed by atoms with van der Waals surface area (Å²) in [4.78, 5) is 27.1. The Balaban J connectivity index is 2.60. The van der Waals surface area contributed by atoms with Gasteiger partial charge in [0.2, 0.25) is 0 Å². The average Bonchev–Trinajstić information content (AvgIpc) is 2.70. The van der Waals surface area contributed by atoms with Gasteiger partial charge in [0.05, 0.1) is 11.2 Å². The van der Waals surface area contributed by atoms with Crippen LogP contribution >= 0.6 is 11.3 Å². The standard InChI is InChI=1S/C11H16N2O3S/c1-3-4-5-8(11(15)16)13-10(14)9-6-12-7(2)17-9/h6,8H,3-5H2,1-2H3,(H,13,14)(H,15,16). The van der Waals surface area contributed by atoms with E-state index in [1.54, 1.807) is 6.92 Å². The molecule has 0 aliphatic rings. The van der Waals surface area contributed by atoms with Crippen LogP contribution in [0.4, 0.5) is 0 Å². The van der Waals surface area contributed by atoms with Crippen LogP contribution < -0.4 is 5.32 Å². The van der Waals surface area contributed by atoms with Crippen LogP contribution in [0.2, 0.25) is 0 Å². The average molecular weight is 256 g/mol. The van der Waals surface area contributed by atoms with Gasteiger partial charge in [-0.3, -0.25) is 4.79 Å². The number of rotatable bonds is 6. The van der Waals surface area contributed by atoms with Gasteiger partial charge in [0.15, 0.2) is 0 Å². The molecule has 2 N–H and O–H groups in total. The Hall–Kier alpha value is -1.43. The number of carbonyl (C=O) groups excluding carboxylic acids is 1. The molecule has 94 valence electrons. The Morgan fingerprint density at radius 3 is 2.76 bits per heavy atom. The van der Waals surface area contributed by atoms with E-state index >= 15 is 0 Å². The van der Waals surface area contributed by atoms with Gasteiger partial charge in [-0.2, -0.15) is 0 Å². The number of carbonyl (C=O) groups is 2. The third kappa shape index (κ3) is 4.14. The van der Waals surface area contributed by atoms with Crippen LogP contribution in [0.1, 0.15) is 40.9 Å². The molecule has 0 aliphatic carbocycles. The number of amides is 1. The van der Waals surface area contributed by atoms with Crippen molar-refractivity contribution in [3.8, 4) is 0 Å². The smallest absolute Gasteiger partial charge is 0.326 e. The minimum absolute atomic E-state index is 0.362. The molecule has 1 unspecified atom stereocenters. The van der Waals surface area contributed by atoms with Gasteiger partial charge in [0.25, 0.3) is 5.91 Å². The molecule has 0 aromatic carbocycles. The van der Waals surface area contributed by atoms with Crippen LogP contribution in [0.3, 0.4) is 0 Å². The molecule has 0 spiro atoms. The number of hydrogen-bond acceptors (Lipinski definition) is 4. The van der Waals surface area contributed by atoms with Gasteiger partial charge in [-0.15, -0.1) is 11.3 Å². The highest BCUT2D eigenvalue weighted by atomic mass is 32.1. The van der Waals surface area contributed by atoms with Crippen LogP contribution in [0.25, 0.3) is 0 Å². The second-order valence-electron chi connectivity index (χ2n) is 3.75. The van der Waals surface area contributed by atoms with Crippen LogP contribution in [0.5, 0.6) is 0 Å². The molecule has 6 heteroatoms. The van der Waals surface area contributed by atoms with Gasteiger partial charge in [-0.25, -0.2) is 9.78 Å². The lowest BCUT2D eigenvalue weighted by atomic mass is 10.1. The summed E-state index contributed by atoms with van der Waals surface area (Å²) in [6.45, 7) is 3.78. The van der Waals surface area contributed by atoms with Crippen molar-refractivity contribution >= 4 is 23.2 Å². The highest BCUT2D eigenvalue weighted by molar-refractivity contribution is 7.13. The highest BCUT2D eigenvalue weighted by Crippen LogP contribution is 2.12. The third-order valence-electron chi connectivity index (χ3n) is 2.29. The molecule has 0 aliphatic heterocycles. The van der Waals surface area contributed by atoms with E-state index in [9.17, 15) is 9.59 Å². The maximum absolute atomic E-state index is 11.7. The molecule has 0 saturated heterocycles. The number of hydrogen-bond donors (Lipinski definition) is 2. The van der Waals surface area contributed by atoms with E-state index in [2.05, 4.69) is 10.3 Å². The van der Waals surface area contributed by atoms with E-state index in [1.165, 1.54) is 17.5 Å².